The molecule has 1 aliphatic rings. The van der Waals surface area contributed by atoms with Gasteiger partial charge in [-0.25, -0.2) is 14.2 Å². The van der Waals surface area contributed by atoms with Crippen LogP contribution >= 0.6 is 0 Å². The van der Waals surface area contributed by atoms with Crippen LogP contribution in [0.15, 0.2) is 18.2 Å². The molecule has 1 fully saturated rings. The number of urea groups is 1. The lowest BCUT2D eigenvalue weighted by Crippen LogP contribution is -2.43. The van der Waals surface area contributed by atoms with Gasteiger partial charge < -0.3 is 9.88 Å². The van der Waals surface area contributed by atoms with E-state index in [1.165, 1.54) is 11.0 Å². The molecule has 3 rings (SSSR count). The average molecular weight is 332 g/mol. The van der Waals surface area contributed by atoms with Crippen LogP contribution in [0.3, 0.4) is 0 Å². The van der Waals surface area contributed by atoms with Crippen LogP contribution in [0, 0.1) is 5.82 Å². The van der Waals surface area contributed by atoms with Crippen molar-refractivity contribution in [3.63, 3.8) is 0 Å². The van der Waals surface area contributed by atoms with E-state index >= 15 is 0 Å². The Morgan fingerprint density at radius 1 is 1.29 bits per heavy atom. The second-order valence-corrected chi connectivity index (χ2v) is 6.28. The van der Waals surface area contributed by atoms with Crippen molar-refractivity contribution in [1.82, 2.24) is 19.8 Å². The van der Waals surface area contributed by atoms with E-state index < -0.39 is 17.4 Å². The van der Waals surface area contributed by atoms with Gasteiger partial charge in [0.05, 0.1) is 12.1 Å². The Hall–Kier alpha value is -2.44. The van der Waals surface area contributed by atoms with Crippen LogP contribution in [0.25, 0.3) is 11.0 Å². The summed E-state index contributed by atoms with van der Waals surface area (Å²) in [6, 6.07) is 4.34. The first kappa shape index (κ1) is 16.4. The third kappa shape index (κ3) is 2.44. The summed E-state index contributed by atoms with van der Waals surface area (Å²) in [4.78, 5) is 30.4. The number of aryl methyl sites for hydroxylation is 1. The number of benzene rings is 1. The highest BCUT2D eigenvalue weighted by Crippen LogP contribution is 2.26. The third-order valence-electron chi connectivity index (χ3n) is 4.52. The van der Waals surface area contributed by atoms with Gasteiger partial charge in [0.1, 0.15) is 16.9 Å². The summed E-state index contributed by atoms with van der Waals surface area (Å²) in [5.41, 5.74) is 0.0498. The van der Waals surface area contributed by atoms with Gasteiger partial charge in [0.2, 0.25) is 0 Å². The summed E-state index contributed by atoms with van der Waals surface area (Å²) >= 11 is 0. The molecule has 1 saturated heterocycles. The van der Waals surface area contributed by atoms with E-state index in [9.17, 15) is 14.0 Å². The highest BCUT2D eigenvalue weighted by molar-refractivity contribution is 6.06. The standard InChI is InChI=1S/C17H21FN4O2/c1-4-9-17(3)15(23)22(16(24)20-17)10-13-19-14-11(18)7-6-8-12(14)21(13)5-2/h6-8H,4-5,9-10H2,1-3H3,(H,20,24). The van der Waals surface area contributed by atoms with Crippen LogP contribution in [-0.4, -0.2) is 31.9 Å². The number of halogens is 1. The van der Waals surface area contributed by atoms with E-state index in [1.807, 2.05) is 18.4 Å². The van der Waals surface area contributed by atoms with Gasteiger partial charge in [0, 0.05) is 6.54 Å². The molecular formula is C17H21FN4O2. The lowest BCUT2D eigenvalue weighted by atomic mass is 9.96. The van der Waals surface area contributed by atoms with Crippen LogP contribution in [-0.2, 0) is 17.9 Å². The lowest BCUT2D eigenvalue weighted by molar-refractivity contribution is -0.131. The maximum Gasteiger partial charge on any atom is 0.325 e. The largest absolute Gasteiger partial charge is 0.327 e. The highest BCUT2D eigenvalue weighted by atomic mass is 19.1. The Bertz CT molecular complexity index is 816. The molecule has 2 heterocycles. The van der Waals surface area contributed by atoms with Crippen molar-refractivity contribution in [3.05, 3.63) is 29.8 Å². The third-order valence-corrected chi connectivity index (χ3v) is 4.52. The fourth-order valence-electron chi connectivity index (χ4n) is 3.34. The molecule has 1 aromatic carbocycles. The predicted octanol–water partition coefficient (Wildman–Crippen LogP) is 2.81. The molecule has 2 aromatic rings. The number of imidazole rings is 1. The number of imide groups is 1. The van der Waals surface area contributed by atoms with E-state index in [1.54, 1.807) is 19.1 Å². The quantitative estimate of drug-likeness (QED) is 0.856. The summed E-state index contributed by atoms with van der Waals surface area (Å²) in [6.07, 6.45) is 1.36. The Balaban J connectivity index is 1.97. The van der Waals surface area contributed by atoms with E-state index in [2.05, 4.69) is 10.3 Å². The smallest absolute Gasteiger partial charge is 0.325 e. The second-order valence-electron chi connectivity index (χ2n) is 6.28. The van der Waals surface area contributed by atoms with Crippen molar-refractivity contribution in [2.75, 3.05) is 0 Å². The number of carbonyl (C=O) groups is 2. The van der Waals surface area contributed by atoms with Crippen molar-refractivity contribution < 1.29 is 14.0 Å². The SMILES string of the molecule is CCCC1(C)NC(=O)N(Cc2nc3c(F)cccc3n2CC)C1=O. The first-order valence-corrected chi connectivity index (χ1v) is 8.19. The topological polar surface area (TPSA) is 67.2 Å². The average Bonchev–Trinajstić information content (AvgIpc) is 2.99. The van der Waals surface area contributed by atoms with Gasteiger partial charge in [-0.15, -0.1) is 0 Å². The molecule has 3 amide bonds. The van der Waals surface area contributed by atoms with E-state index in [0.717, 1.165) is 6.42 Å². The maximum absolute atomic E-state index is 14.0. The molecule has 1 unspecified atom stereocenters. The maximum atomic E-state index is 14.0. The zero-order chi connectivity index (χ0) is 17.5. The molecule has 1 aliphatic heterocycles. The van der Waals surface area contributed by atoms with Crippen LogP contribution in [0.1, 0.15) is 39.4 Å². The number of amides is 3. The number of para-hydroxylation sites is 1. The number of nitrogens with zero attached hydrogens (tertiary/aromatic N) is 3. The summed E-state index contributed by atoms with van der Waals surface area (Å²) in [7, 11) is 0. The second kappa shape index (κ2) is 5.89. The zero-order valence-corrected chi connectivity index (χ0v) is 14.1. The van der Waals surface area contributed by atoms with Gasteiger partial charge in [0.25, 0.3) is 5.91 Å². The number of rotatable bonds is 5. The predicted molar refractivity (Wildman–Crippen MR) is 87.8 cm³/mol. The van der Waals surface area contributed by atoms with Crippen LogP contribution in [0.2, 0.25) is 0 Å². The van der Waals surface area contributed by atoms with Crippen LogP contribution < -0.4 is 5.32 Å². The van der Waals surface area contributed by atoms with Crippen molar-refractivity contribution >= 4 is 23.0 Å². The molecule has 0 bridgehead atoms. The van der Waals surface area contributed by atoms with Gasteiger partial charge in [-0.3, -0.25) is 9.69 Å². The zero-order valence-electron chi connectivity index (χ0n) is 14.1. The summed E-state index contributed by atoms with van der Waals surface area (Å²) in [6.45, 7) is 6.23. The Kier molecular flexibility index (Phi) is 4.03. The number of hydrogen-bond acceptors (Lipinski definition) is 3. The first-order chi connectivity index (χ1) is 11.4. The van der Waals surface area contributed by atoms with Crippen molar-refractivity contribution in [2.24, 2.45) is 0 Å². The van der Waals surface area contributed by atoms with Crippen molar-refractivity contribution in [3.8, 4) is 0 Å². The Morgan fingerprint density at radius 3 is 2.71 bits per heavy atom. The van der Waals surface area contributed by atoms with Gasteiger partial charge in [-0.05, 0) is 32.4 Å². The number of hydrogen-bond donors (Lipinski definition) is 1. The van der Waals surface area contributed by atoms with Crippen LogP contribution in [0.4, 0.5) is 9.18 Å². The van der Waals surface area contributed by atoms with Gasteiger partial charge in [0.15, 0.2) is 5.82 Å². The molecule has 24 heavy (non-hydrogen) atoms. The minimum atomic E-state index is -0.875. The molecule has 0 saturated carbocycles. The molecule has 6 nitrogen and oxygen atoms in total. The number of fused-ring (bicyclic) bond motifs is 1. The number of nitrogens with one attached hydrogen (secondary N) is 1. The Labute approximate surface area is 139 Å². The molecular weight excluding hydrogens is 311 g/mol. The molecule has 7 heteroatoms. The first-order valence-electron chi connectivity index (χ1n) is 8.19. The molecule has 0 spiro atoms. The molecule has 128 valence electrons. The summed E-state index contributed by atoms with van der Waals surface area (Å²) in [5.74, 6) is -0.166. The Morgan fingerprint density at radius 2 is 2.04 bits per heavy atom. The molecule has 0 radical (unpaired) electrons. The molecule has 0 aliphatic carbocycles. The van der Waals surface area contributed by atoms with Crippen LogP contribution in [0.5, 0.6) is 0 Å². The normalized spacial score (nSPS) is 20.9. The van der Waals surface area contributed by atoms with Gasteiger partial charge >= 0.3 is 6.03 Å². The van der Waals surface area contributed by atoms with E-state index in [-0.39, 0.29) is 18.0 Å². The summed E-state index contributed by atoms with van der Waals surface area (Å²) < 4.78 is 15.8. The number of aromatic nitrogens is 2. The minimum Gasteiger partial charge on any atom is -0.327 e. The number of carbonyl (C=O) groups excluding carboxylic acids is 2. The molecule has 1 N–H and O–H groups in total. The fourth-order valence-corrected chi connectivity index (χ4v) is 3.34. The fraction of sp³-hybridized carbons (Fsp3) is 0.471. The molecule has 1 aromatic heterocycles. The van der Waals surface area contributed by atoms with Crippen molar-refractivity contribution in [1.29, 1.82) is 0 Å². The van der Waals surface area contributed by atoms with Crippen molar-refractivity contribution in [2.45, 2.75) is 52.2 Å². The van der Waals surface area contributed by atoms with Gasteiger partial charge in [-0.2, -0.15) is 0 Å². The minimum absolute atomic E-state index is 0.0337. The van der Waals surface area contributed by atoms with Gasteiger partial charge in [-0.1, -0.05) is 19.4 Å². The van der Waals surface area contributed by atoms with E-state index in [4.69, 9.17) is 0 Å². The monoisotopic (exact) mass is 332 g/mol. The molecule has 1 atom stereocenters. The lowest BCUT2D eigenvalue weighted by Gasteiger charge is -2.20. The van der Waals surface area contributed by atoms with E-state index in [0.29, 0.717) is 24.3 Å². The summed E-state index contributed by atoms with van der Waals surface area (Å²) in [5, 5.41) is 2.76. The highest BCUT2D eigenvalue weighted by Gasteiger charge is 2.47.